The molecule has 78 valence electrons. The molecule has 0 radical (unpaired) electrons. The second-order valence-electron chi connectivity index (χ2n) is 2.97. The van der Waals surface area contributed by atoms with Crippen LogP contribution in [0, 0.1) is 0 Å². The van der Waals surface area contributed by atoms with Gasteiger partial charge in [0.05, 0.1) is 6.61 Å². The quantitative estimate of drug-likeness (QED) is 0.369. The fourth-order valence-corrected chi connectivity index (χ4v) is 1.34. The van der Waals surface area contributed by atoms with E-state index in [4.69, 9.17) is 24.8 Å². The first-order valence-electron chi connectivity index (χ1n) is 3.94. The number of aliphatic hydroxyl groups excluding tert-OH is 3. The average molecular weight is 194 g/mol. The van der Waals surface area contributed by atoms with Gasteiger partial charge in [-0.2, -0.15) is 0 Å². The van der Waals surface area contributed by atoms with Gasteiger partial charge in [-0.15, -0.1) is 0 Å². The van der Waals surface area contributed by atoms with Crippen LogP contribution in [0.2, 0.25) is 0 Å². The van der Waals surface area contributed by atoms with Crippen LogP contribution in [-0.2, 0) is 9.47 Å². The lowest BCUT2D eigenvalue weighted by Gasteiger charge is -2.25. The molecular formula is C7H14O6. The molecule has 1 fully saturated rings. The third-order valence-corrected chi connectivity index (χ3v) is 2.08. The maximum atomic E-state index is 9.33. The molecule has 1 aliphatic heterocycles. The highest BCUT2D eigenvalue weighted by Gasteiger charge is 2.42. The summed E-state index contributed by atoms with van der Waals surface area (Å²) < 4.78 is 9.67. The van der Waals surface area contributed by atoms with E-state index in [9.17, 15) is 5.11 Å². The number of ether oxygens (including phenoxy) is 2. The van der Waals surface area contributed by atoms with Crippen LogP contribution < -0.4 is 0 Å². The standard InChI is InChI=1S/C7H14O6/c1-12-6(7(10)11)5-4(9)3(8)2-13-5/h3-11H,2H2,1H3. The van der Waals surface area contributed by atoms with Gasteiger partial charge in [0.1, 0.15) is 24.4 Å². The van der Waals surface area contributed by atoms with Gasteiger partial charge in [0.25, 0.3) is 0 Å². The molecule has 0 spiro atoms. The highest BCUT2D eigenvalue weighted by atomic mass is 16.6. The lowest BCUT2D eigenvalue weighted by atomic mass is 10.1. The fraction of sp³-hybridized carbons (Fsp3) is 1.00. The Hall–Kier alpha value is -0.240. The summed E-state index contributed by atoms with van der Waals surface area (Å²) in [7, 11) is 1.27. The molecule has 0 aliphatic carbocycles. The maximum absolute atomic E-state index is 9.33. The van der Waals surface area contributed by atoms with Crippen LogP contribution in [-0.4, -0.2) is 64.8 Å². The summed E-state index contributed by atoms with van der Waals surface area (Å²) in [6, 6.07) is 0. The molecule has 4 atom stereocenters. The molecular weight excluding hydrogens is 180 g/mol. The van der Waals surface area contributed by atoms with Gasteiger partial charge in [0, 0.05) is 7.11 Å². The highest BCUT2D eigenvalue weighted by molar-refractivity contribution is 4.89. The number of methoxy groups -OCH3 is 1. The Morgan fingerprint density at radius 2 is 2.00 bits per heavy atom. The Balaban J connectivity index is 2.59. The van der Waals surface area contributed by atoms with Crippen LogP contribution in [0.1, 0.15) is 0 Å². The summed E-state index contributed by atoms with van der Waals surface area (Å²) in [4.78, 5) is 0. The van der Waals surface area contributed by atoms with Crippen molar-refractivity contribution >= 4 is 0 Å². The van der Waals surface area contributed by atoms with Gasteiger partial charge in [0.15, 0.2) is 6.29 Å². The number of hydrogen-bond donors (Lipinski definition) is 4. The molecule has 0 aromatic carbocycles. The Morgan fingerprint density at radius 1 is 1.38 bits per heavy atom. The molecule has 1 aliphatic rings. The zero-order chi connectivity index (χ0) is 10.0. The van der Waals surface area contributed by atoms with E-state index in [0.717, 1.165) is 0 Å². The summed E-state index contributed by atoms with van der Waals surface area (Å²) in [6.07, 6.45) is -5.84. The Kier molecular flexibility index (Phi) is 3.60. The van der Waals surface area contributed by atoms with Crippen molar-refractivity contribution in [1.29, 1.82) is 0 Å². The first-order valence-corrected chi connectivity index (χ1v) is 3.94. The molecule has 1 heterocycles. The van der Waals surface area contributed by atoms with E-state index in [2.05, 4.69) is 0 Å². The lowest BCUT2D eigenvalue weighted by Crippen LogP contribution is -2.45. The van der Waals surface area contributed by atoms with E-state index in [-0.39, 0.29) is 6.61 Å². The van der Waals surface area contributed by atoms with Crippen LogP contribution in [0.3, 0.4) is 0 Å². The van der Waals surface area contributed by atoms with E-state index in [1.165, 1.54) is 7.11 Å². The number of aliphatic hydroxyl groups is 4. The second-order valence-corrected chi connectivity index (χ2v) is 2.97. The molecule has 6 heteroatoms. The minimum atomic E-state index is -1.74. The van der Waals surface area contributed by atoms with Gasteiger partial charge < -0.3 is 29.9 Å². The van der Waals surface area contributed by atoms with Crippen molar-refractivity contribution in [3.05, 3.63) is 0 Å². The summed E-state index contributed by atoms with van der Waals surface area (Å²) in [5.41, 5.74) is 0. The number of hydrogen-bond acceptors (Lipinski definition) is 6. The van der Waals surface area contributed by atoms with Crippen molar-refractivity contribution in [2.45, 2.75) is 30.7 Å². The maximum Gasteiger partial charge on any atom is 0.181 e. The van der Waals surface area contributed by atoms with Crippen LogP contribution >= 0.6 is 0 Å². The first kappa shape index (κ1) is 10.8. The van der Waals surface area contributed by atoms with E-state index >= 15 is 0 Å². The monoisotopic (exact) mass is 194 g/mol. The van der Waals surface area contributed by atoms with E-state index in [0.29, 0.717) is 0 Å². The smallest absolute Gasteiger partial charge is 0.181 e. The second kappa shape index (κ2) is 4.32. The molecule has 4 N–H and O–H groups in total. The predicted octanol–water partition coefficient (Wildman–Crippen LogP) is -2.57. The van der Waals surface area contributed by atoms with Crippen molar-refractivity contribution in [1.82, 2.24) is 0 Å². The third-order valence-electron chi connectivity index (χ3n) is 2.08. The molecule has 6 nitrogen and oxygen atoms in total. The van der Waals surface area contributed by atoms with Crippen molar-refractivity contribution in [2.24, 2.45) is 0 Å². The van der Waals surface area contributed by atoms with Crippen LogP contribution in [0.5, 0.6) is 0 Å². The van der Waals surface area contributed by atoms with Crippen molar-refractivity contribution < 1.29 is 29.9 Å². The minimum Gasteiger partial charge on any atom is -0.388 e. The largest absolute Gasteiger partial charge is 0.388 e. The minimum absolute atomic E-state index is 0.0294. The van der Waals surface area contributed by atoms with Crippen LogP contribution in [0.25, 0.3) is 0 Å². The summed E-state index contributed by atoms with van der Waals surface area (Å²) in [5, 5.41) is 36.1. The molecule has 0 aromatic rings. The first-order chi connectivity index (χ1) is 6.07. The summed E-state index contributed by atoms with van der Waals surface area (Å²) >= 11 is 0. The molecule has 0 aromatic heterocycles. The number of rotatable bonds is 3. The van der Waals surface area contributed by atoms with E-state index < -0.39 is 30.7 Å². The van der Waals surface area contributed by atoms with Crippen molar-refractivity contribution in [2.75, 3.05) is 13.7 Å². The van der Waals surface area contributed by atoms with E-state index in [1.54, 1.807) is 0 Å². The van der Waals surface area contributed by atoms with Gasteiger partial charge >= 0.3 is 0 Å². The third kappa shape index (κ3) is 2.16. The SMILES string of the molecule is COC(C(O)O)C1OCC(O)C1O. The molecule has 13 heavy (non-hydrogen) atoms. The molecule has 0 saturated carbocycles. The Labute approximate surface area is 75.3 Å². The van der Waals surface area contributed by atoms with Crippen molar-refractivity contribution in [3.63, 3.8) is 0 Å². The molecule has 1 rings (SSSR count). The normalized spacial score (nSPS) is 36.9. The highest BCUT2D eigenvalue weighted by Crippen LogP contribution is 2.20. The van der Waals surface area contributed by atoms with Gasteiger partial charge in [-0.25, -0.2) is 0 Å². The summed E-state index contributed by atoms with van der Waals surface area (Å²) in [6.45, 7) is -0.0294. The van der Waals surface area contributed by atoms with Crippen LogP contribution in [0.4, 0.5) is 0 Å². The van der Waals surface area contributed by atoms with Gasteiger partial charge in [-0.05, 0) is 0 Å². The van der Waals surface area contributed by atoms with Gasteiger partial charge in [-0.1, -0.05) is 0 Å². The zero-order valence-electron chi connectivity index (χ0n) is 7.20. The van der Waals surface area contributed by atoms with E-state index in [1.807, 2.05) is 0 Å². The lowest BCUT2D eigenvalue weighted by molar-refractivity contribution is -0.184. The molecule has 1 saturated heterocycles. The Morgan fingerprint density at radius 3 is 2.31 bits per heavy atom. The summed E-state index contributed by atoms with van der Waals surface area (Å²) in [5.74, 6) is 0. The topological polar surface area (TPSA) is 99.4 Å². The molecule has 4 unspecified atom stereocenters. The average Bonchev–Trinajstić information content (AvgIpc) is 2.37. The van der Waals surface area contributed by atoms with Crippen LogP contribution in [0.15, 0.2) is 0 Å². The molecule has 0 bridgehead atoms. The van der Waals surface area contributed by atoms with Gasteiger partial charge in [-0.3, -0.25) is 0 Å². The zero-order valence-corrected chi connectivity index (χ0v) is 7.20. The predicted molar refractivity (Wildman–Crippen MR) is 40.8 cm³/mol. The molecule has 0 amide bonds. The Bertz CT molecular complexity index is 161. The van der Waals surface area contributed by atoms with Gasteiger partial charge in [0.2, 0.25) is 0 Å². The fourth-order valence-electron chi connectivity index (χ4n) is 1.34. The van der Waals surface area contributed by atoms with Crippen molar-refractivity contribution in [3.8, 4) is 0 Å².